The maximum absolute atomic E-state index is 11.8. The quantitative estimate of drug-likeness (QED) is 0.681. The molecule has 3 rings (SSSR count). The van der Waals surface area contributed by atoms with Gasteiger partial charge in [0, 0.05) is 0 Å². The van der Waals surface area contributed by atoms with Crippen LogP contribution in [0.15, 0.2) is 23.3 Å². The SMILES string of the molecule is Cc1nnsc1C(=O)N/N=C\c1ccc2c(c1)OCO2. The van der Waals surface area contributed by atoms with Gasteiger partial charge < -0.3 is 9.47 Å². The van der Waals surface area contributed by atoms with E-state index in [2.05, 4.69) is 20.1 Å². The van der Waals surface area contributed by atoms with Crippen molar-refractivity contribution in [1.29, 1.82) is 0 Å². The van der Waals surface area contributed by atoms with Gasteiger partial charge in [0.25, 0.3) is 5.91 Å². The average molecular weight is 290 g/mol. The van der Waals surface area contributed by atoms with Crippen LogP contribution in [-0.4, -0.2) is 28.5 Å². The average Bonchev–Trinajstić information content (AvgIpc) is 3.06. The topological polar surface area (TPSA) is 85.7 Å². The van der Waals surface area contributed by atoms with Gasteiger partial charge >= 0.3 is 0 Å². The number of fused-ring (bicyclic) bond motifs is 1. The molecule has 0 saturated heterocycles. The molecule has 1 aliphatic rings. The molecule has 0 fully saturated rings. The minimum Gasteiger partial charge on any atom is -0.454 e. The van der Waals surface area contributed by atoms with Crippen molar-refractivity contribution in [1.82, 2.24) is 15.0 Å². The zero-order chi connectivity index (χ0) is 13.9. The molecule has 8 heteroatoms. The zero-order valence-electron chi connectivity index (χ0n) is 10.5. The van der Waals surface area contributed by atoms with E-state index >= 15 is 0 Å². The smallest absolute Gasteiger partial charge is 0.285 e. The van der Waals surface area contributed by atoms with Gasteiger partial charge in [-0.1, -0.05) is 4.49 Å². The number of rotatable bonds is 3. The molecule has 0 atom stereocenters. The lowest BCUT2D eigenvalue weighted by molar-refractivity contribution is 0.0958. The van der Waals surface area contributed by atoms with Crippen molar-refractivity contribution in [2.24, 2.45) is 5.10 Å². The molecule has 1 aliphatic heterocycles. The normalized spacial score (nSPS) is 12.8. The fraction of sp³-hybridized carbons (Fsp3) is 0.167. The minimum absolute atomic E-state index is 0.227. The summed E-state index contributed by atoms with van der Waals surface area (Å²) < 4.78 is 14.2. The first kappa shape index (κ1) is 12.5. The van der Waals surface area contributed by atoms with Crippen LogP contribution in [0, 0.1) is 6.92 Å². The van der Waals surface area contributed by atoms with E-state index in [4.69, 9.17) is 9.47 Å². The first-order valence-electron chi connectivity index (χ1n) is 5.76. The second kappa shape index (κ2) is 5.25. The fourth-order valence-electron chi connectivity index (χ4n) is 1.65. The maximum Gasteiger partial charge on any atom is 0.285 e. The van der Waals surface area contributed by atoms with E-state index in [0.29, 0.717) is 22.1 Å². The molecule has 1 amide bonds. The van der Waals surface area contributed by atoms with Crippen LogP contribution in [0.2, 0.25) is 0 Å². The molecule has 0 spiro atoms. The largest absolute Gasteiger partial charge is 0.454 e. The van der Waals surface area contributed by atoms with Gasteiger partial charge in [0.1, 0.15) is 4.88 Å². The third kappa shape index (κ3) is 2.45. The van der Waals surface area contributed by atoms with Gasteiger partial charge in [-0.3, -0.25) is 4.79 Å². The van der Waals surface area contributed by atoms with E-state index in [1.165, 1.54) is 6.21 Å². The van der Waals surface area contributed by atoms with E-state index in [1.807, 2.05) is 6.07 Å². The minimum atomic E-state index is -0.325. The summed E-state index contributed by atoms with van der Waals surface area (Å²) in [5, 5.41) is 7.66. The van der Waals surface area contributed by atoms with Crippen LogP contribution in [0.3, 0.4) is 0 Å². The van der Waals surface area contributed by atoms with Crippen LogP contribution < -0.4 is 14.9 Å². The molecular weight excluding hydrogens is 280 g/mol. The maximum atomic E-state index is 11.8. The number of carbonyl (C=O) groups excluding carboxylic acids is 1. The van der Waals surface area contributed by atoms with Gasteiger partial charge in [0.2, 0.25) is 6.79 Å². The number of hydrogen-bond acceptors (Lipinski definition) is 7. The predicted molar refractivity (Wildman–Crippen MR) is 72.3 cm³/mol. The molecule has 20 heavy (non-hydrogen) atoms. The molecule has 1 aromatic heterocycles. The van der Waals surface area contributed by atoms with Gasteiger partial charge in [0.15, 0.2) is 11.5 Å². The van der Waals surface area contributed by atoms with Crippen molar-refractivity contribution in [3.63, 3.8) is 0 Å². The number of carbonyl (C=O) groups is 1. The Morgan fingerprint density at radius 3 is 3.10 bits per heavy atom. The van der Waals surface area contributed by atoms with Gasteiger partial charge in [-0.2, -0.15) is 5.10 Å². The van der Waals surface area contributed by atoms with Crippen molar-refractivity contribution in [3.05, 3.63) is 34.3 Å². The monoisotopic (exact) mass is 290 g/mol. The van der Waals surface area contributed by atoms with Crippen LogP contribution in [-0.2, 0) is 0 Å². The lowest BCUT2D eigenvalue weighted by Gasteiger charge is -1.98. The zero-order valence-corrected chi connectivity index (χ0v) is 11.3. The van der Waals surface area contributed by atoms with Crippen LogP contribution in [0.4, 0.5) is 0 Å². The summed E-state index contributed by atoms with van der Waals surface area (Å²) in [4.78, 5) is 12.2. The van der Waals surface area contributed by atoms with Crippen molar-refractivity contribution in [2.45, 2.75) is 6.92 Å². The molecule has 0 unspecified atom stereocenters. The number of aromatic nitrogens is 2. The van der Waals surface area contributed by atoms with E-state index in [1.54, 1.807) is 19.1 Å². The fourth-order valence-corrected chi connectivity index (χ4v) is 2.20. The summed E-state index contributed by atoms with van der Waals surface area (Å²) >= 11 is 1.04. The van der Waals surface area contributed by atoms with Crippen LogP contribution in [0.25, 0.3) is 0 Å². The number of nitrogens with one attached hydrogen (secondary N) is 1. The highest BCUT2D eigenvalue weighted by Crippen LogP contribution is 2.31. The Bertz CT molecular complexity index is 683. The highest BCUT2D eigenvalue weighted by atomic mass is 32.1. The second-order valence-electron chi connectivity index (χ2n) is 4.00. The Kier molecular flexibility index (Phi) is 3.30. The first-order valence-corrected chi connectivity index (χ1v) is 6.53. The Morgan fingerprint density at radius 1 is 1.45 bits per heavy atom. The molecule has 0 saturated carbocycles. The number of hydrogen-bond donors (Lipinski definition) is 1. The molecule has 0 radical (unpaired) electrons. The summed E-state index contributed by atoms with van der Waals surface area (Å²) in [6.45, 7) is 1.95. The van der Waals surface area contributed by atoms with Crippen molar-refractivity contribution in [2.75, 3.05) is 6.79 Å². The molecule has 2 aromatic rings. The number of amides is 1. The summed E-state index contributed by atoms with van der Waals surface area (Å²) in [6, 6.07) is 5.41. The highest BCUT2D eigenvalue weighted by molar-refractivity contribution is 7.07. The predicted octanol–water partition coefficient (Wildman–Crippen LogP) is 1.34. The third-order valence-corrected chi connectivity index (χ3v) is 3.46. The van der Waals surface area contributed by atoms with Crippen LogP contribution >= 0.6 is 11.5 Å². The van der Waals surface area contributed by atoms with Crippen LogP contribution in [0.5, 0.6) is 11.5 Å². The molecule has 7 nitrogen and oxygen atoms in total. The van der Waals surface area contributed by atoms with E-state index < -0.39 is 0 Å². The number of hydrazone groups is 1. The van der Waals surface area contributed by atoms with Crippen molar-refractivity contribution in [3.8, 4) is 11.5 Å². The molecule has 1 aromatic carbocycles. The summed E-state index contributed by atoms with van der Waals surface area (Å²) in [7, 11) is 0. The molecule has 102 valence electrons. The Labute approximate surface area is 118 Å². The van der Waals surface area contributed by atoms with E-state index in [0.717, 1.165) is 17.1 Å². The van der Waals surface area contributed by atoms with Gasteiger partial charge in [-0.25, -0.2) is 5.43 Å². The van der Waals surface area contributed by atoms with E-state index in [9.17, 15) is 4.79 Å². The molecule has 2 heterocycles. The summed E-state index contributed by atoms with van der Waals surface area (Å²) in [5.74, 6) is 1.05. The number of benzene rings is 1. The Hall–Kier alpha value is -2.48. The van der Waals surface area contributed by atoms with E-state index in [-0.39, 0.29) is 12.7 Å². The van der Waals surface area contributed by atoms with Gasteiger partial charge in [-0.15, -0.1) is 5.10 Å². The number of nitrogens with zero attached hydrogens (tertiary/aromatic N) is 3. The second-order valence-corrected chi connectivity index (χ2v) is 4.75. The van der Waals surface area contributed by atoms with Crippen molar-refractivity contribution >= 4 is 23.7 Å². The van der Waals surface area contributed by atoms with Gasteiger partial charge in [-0.05, 0) is 42.2 Å². The number of ether oxygens (including phenoxy) is 2. The highest BCUT2D eigenvalue weighted by Gasteiger charge is 2.13. The molecule has 0 aliphatic carbocycles. The standard InChI is InChI=1S/C12H10N4O3S/c1-7-11(20-16-14-7)12(17)15-13-5-8-2-3-9-10(4-8)19-6-18-9/h2-5H,6H2,1H3,(H,15,17)/b13-5-. The lowest BCUT2D eigenvalue weighted by atomic mass is 10.2. The van der Waals surface area contributed by atoms with Crippen LogP contribution in [0.1, 0.15) is 20.9 Å². The first-order chi connectivity index (χ1) is 9.74. The number of aryl methyl sites for hydroxylation is 1. The Balaban J connectivity index is 1.66. The summed E-state index contributed by atoms with van der Waals surface area (Å²) in [6.07, 6.45) is 1.53. The molecular formula is C12H10N4O3S. The van der Waals surface area contributed by atoms with Crippen molar-refractivity contribution < 1.29 is 14.3 Å². The molecule has 1 N–H and O–H groups in total. The lowest BCUT2D eigenvalue weighted by Crippen LogP contribution is -2.17. The van der Waals surface area contributed by atoms with Gasteiger partial charge in [0.05, 0.1) is 11.9 Å². The Morgan fingerprint density at radius 2 is 2.30 bits per heavy atom. The third-order valence-electron chi connectivity index (χ3n) is 2.63. The summed E-state index contributed by atoms with van der Waals surface area (Å²) in [5.41, 5.74) is 3.82. The molecule has 0 bridgehead atoms.